The Balaban J connectivity index is 2.04. The number of hydrogen-bond donors (Lipinski definition) is 1. The lowest BCUT2D eigenvalue weighted by atomic mass is 9.95. The van der Waals surface area contributed by atoms with Gasteiger partial charge in [-0.25, -0.2) is 0 Å². The SMILES string of the molecule is COCCNCC(Cc1cc(Br)cs1)c1ccc(Br)cc1. The molecule has 0 fully saturated rings. The van der Waals surface area contributed by atoms with E-state index in [-0.39, 0.29) is 0 Å². The Kier molecular flexibility index (Phi) is 7.40. The molecule has 0 spiro atoms. The van der Waals surface area contributed by atoms with Crippen LogP contribution in [0.2, 0.25) is 0 Å². The second-order valence-electron chi connectivity index (χ2n) is 4.88. The van der Waals surface area contributed by atoms with Crippen LogP contribution in [-0.4, -0.2) is 26.8 Å². The maximum Gasteiger partial charge on any atom is 0.0587 e. The van der Waals surface area contributed by atoms with Gasteiger partial charge in [0.05, 0.1) is 6.61 Å². The Bertz CT molecular complexity index is 541. The highest BCUT2D eigenvalue weighted by Crippen LogP contribution is 2.27. The monoisotopic (exact) mass is 431 g/mol. The van der Waals surface area contributed by atoms with Gasteiger partial charge in [0.2, 0.25) is 0 Å². The molecule has 1 aromatic carbocycles. The van der Waals surface area contributed by atoms with E-state index in [1.54, 1.807) is 7.11 Å². The van der Waals surface area contributed by atoms with Crippen molar-refractivity contribution in [3.8, 4) is 0 Å². The summed E-state index contributed by atoms with van der Waals surface area (Å²) >= 11 is 8.85. The van der Waals surface area contributed by atoms with Crippen LogP contribution in [0, 0.1) is 0 Å². The summed E-state index contributed by atoms with van der Waals surface area (Å²) in [5.41, 5.74) is 1.37. The highest BCUT2D eigenvalue weighted by atomic mass is 79.9. The van der Waals surface area contributed by atoms with E-state index in [4.69, 9.17) is 4.74 Å². The fourth-order valence-electron chi connectivity index (χ4n) is 2.20. The number of ether oxygens (including phenoxy) is 1. The molecule has 0 saturated heterocycles. The zero-order chi connectivity index (χ0) is 15.1. The highest BCUT2D eigenvalue weighted by Gasteiger charge is 2.13. The molecule has 0 aliphatic rings. The van der Waals surface area contributed by atoms with E-state index < -0.39 is 0 Å². The van der Waals surface area contributed by atoms with Crippen molar-refractivity contribution in [1.29, 1.82) is 0 Å². The first-order chi connectivity index (χ1) is 10.2. The van der Waals surface area contributed by atoms with E-state index >= 15 is 0 Å². The lowest BCUT2D eigenvalue weighted by Gasteiger charge is -2.18. The molecule has 0 amide bonds. The van der Waals surface area contributed by atoms with Gasteiger partial charge in [0.25, 0.3) is 0 Å². The third-order valence-electron chi connectivity index (χ3n) is 3.28. The summed E-state index contributed by atoms with van der Waals surface area (Å²) in [5, 5.41) is 5.63. The Morgan fingerprint density at radius 1 is 1.19 bits per heavy atom. The fraction of sp³-hybridized carbons (Fsp3) is 0.375. The van der Waals surface area contributed by atoms with Crippen LogP contribution in [-0.2, 0) is 11.2 Å². The lowest BCUT2D eigenvalue weighted by molar-refractivity contribution is 0.199. The van der Waals surface area contributed by atoms with E-state index in [2.05, 4.69) is 72.9 Å². The van der Waals surface area contributed by atoms with Crippen LogP contribution in [0.3, 0.4) is 0 Å². The predicted molar refractivity (Wildman–Crippen MR) is 97.4 cm³/mol. The molecular formula is C16H19Br2NOS. The fourth-order valence-corrected chi connectivity index (χ4v) is 3.99. The second-order valence-corrected chi connectivity index (χ2v) is 7.71. The molecule has 0 aliphatic heterocycles. The molecule has 0 bridgehead atoms. The van der Waals surface area contributed by atoms with Gasteiger partial charge < -0.3 is 10.1 Å². The normalized spacial score (nSPS) is 12.5. The molecule has 0 radical (unpaired) electrons. The second kappa shape index (κ2) is 9.06. The largest absolute Gasteiger partial charge is 0.383 e. The number of halogens is 2. The van der Waals surface area contributed by atoms with Gasteiger partial charge in [0.15, 0.2) is 0 Å². The van der Waals surface area contributed by atoms with Gasteiger partial charge in [-0.1, -0.05) is 28.1 Å². The van der Waals surface area contributed by atoms with E-state index in [1.165, 1.54) is 14.9 Å². The Labute approximate surface area is 147 Å². The van der Waals surface area contributed by atoms with Crippen LogP contribution < -0.4 is 5.32 Å². The molecule has 114 valence electrons. The van der Waals surface area contributed by atoms with Crippen molar-refractivity contribution in [3.05, 3.63) is 55.1 Å². The van der Waals surface area contributed by atoms with Crippen molar-refractivity contribution in [3.63, 3.8) is 0 Å². The zero-order valence-electron chi connectivity index (χ0n) is 11.9. The number of benzene rings is 1. The van der Waals surface area contributed by atoms with Crippen LogP contribution in [0.1, 0.15) is 16.4 Å². The molecule has 2 rings (SSSR count). The van der Waals surface area contributed by atoms with Gasteiger partial charge in [-0.3, -0.25) is 0 Å². The summed E-state index contributed by atoms with van der Waals surface area (Å²) in [4.78, 5) is 1.41. The first kappa shape index (κ1) is 17.2. The first-order valence-corrected chi connectivity index (χ1v) is 9.33. The summed E-state index contributed by atoms with van der Waals surface area (Å²) in [5.74, 6) is 0.473. The molecule has 1 atom stereocenters. The molecule has 2 nitrogen and oxygen atoms in total. The number of rotatable bonds is 8. The van der Waals surface area contributed by atoms with Crippen LogP contribution >= 0.6 is 43.2 Å². The quantitative estimate of drug-likeness (QED) is 0.602. The molecule has 5 heteroatoms. The van der Waals surface area contributed by atoms with Crippen molar-refractivity contribution in [2.45, 2.75) is 12.3 Å². The molecule has 1 aromatic heterocycles. The van der Waals surface area contributed by atoms with Crippen molar-refractivity contribution < 1.29 is 4.74 Å². The number of methoxy groups -OCH3 is 1. The molecule has 21 heavy (non-hydrogen) atoms. The van der Waals surface area contributed by atoms with Crippen LogP contribution in [0.4, 0.5) is 0 Å². The molecule has 2 aromatic rings. The van der Waals surface area contributed by atoms with Crippen molar-refractivity contribution in [2.75, 3.05) is 26.8 Å². The summed E-state index contributed by atoms with van der Waals surface area (Å²) in [6.07, 6.45) is 1.05. The van der Waals surface area contributed by atoms with E-state index in [0.717, 1.165) is 30.6 Å². The summed E-state index contributed by atoms with van der Waals surface area (Å²) in [6, 6.07) is 10.8. The topological polar surface area (TPSA) is 21.3 Å². The molecule has 0 aliphatic carbocycles. The predicted octanol–water partition coefficient (Wildman–Crippen LogP) is 4.84. The molecule has 0 saturated carbocycles. The third kappa shape index (κ3) is 5.83. The maximum atomic E-state index is 5.09. The van der Waals surface area contributed by atoms with Gasteiger partial charge in [-0.15, -0.1) is 11.3 Å². The van der Waals surface area contributed by atoms with E-state index in [1.807, 2.05) is 11.3 Å². The highest BCUT2D eigenvalue weighted by molar-refractivity contribution is 9.10. The maximum absolute atomic E-state index is 5.09. The number of nitrogens with one attached hydrogen (secondary N) is 1. The smallest absolute Gasteiger partial charge is 0.0587 e. The minimum absolute atomic E-state index is 0.473. The van der Waals surface area contributed by atoms with Gasteiger partial charge in [0, 0.05) is 45.3 Å². The third-order valence-corrected chi connectivity index (χ3v) is 5.53. The molecular weight excluding hydrogens is 414 g/mol. The lowest BCUT2D eigenvalue weighted by Crippen LogP contribution is -2.26. The van der Waals surface area contributed by atoms with E-state index in [9.17, 15) is 0 Å². The van der Waals surface area contributed by atoms with Crippen LogP contribution in [0.5, 0.6) is 0 Å². The number of thiophene rings is 1. The minimum atomic E-state index is 0.473. The summed E-state index contributed by atoms with van der Waals surface area (Å²) in [6.45, 7) is 2.59. The minimum Gasteiger partial charge on any atom is -0.383 e. The van der Waals surface area contributed by atoms with Crippen molar-refractivity contribution >= 4 is 43.2 Å². The Hall–Kier alpha value is -0.200. The number of hydrogen-bond acceptors (Lipinski definition) is 3. The molecule has 1 heterocycles. The Morgan fingerprint density at radius 2 is 1.95 bits per heavy atom. The van der Waals surface area contributed by atoms with Crippen LogP contribution in [0.15, 0.2) is 44.7 Å². The average molecular weight is 433 g/mol. The summed E-state index contributed by atoms with van der Waals surface area (Å²) < 4.78 is 7.39. The molecule has 1 unspecified atom stereocenters. The van der Waals surface area contributed by atoms with Crippen molar-refractivity contribution in [1.82, 2.24) is 5.32 Å². The zero-order valence-corrected chi connectivity index (χ0v) is 15.9. The average Bonchev–Trinajstić information content (AvgIpc) is 2.88. The van der Waals surface area contributed by atoms with Gasteiger partial charge in [-0.2, -0.15) is 0 Å². The standard InChI is InChI=1S/C16H19Br2NOS/c1-20-7-6-19-10-13(8-16-9-15(18)11-21-16)12-2-4-14(17)5-3-12/h2-5,9,11,13,19H,6-8,10H2,1H3. The van der Waals surface area contributed by atoms with Crippen molar-refractivity contribution in [2.24, 2.45) is 0 Å². The van der Waals surface area contributed by atoms with Gasteiger partial charge >= 0.3 is 0 Å². The van der Waals surface area contributed by atoms with Gasteiger partial charge in [0.1, 0.15) is 0 Å². The van der Waals surface area contributed by atoms with Gasteiger partial charge in [-0.05, 0) is 46.1 Å². The van der Waals surface area contributed by atoms with E-state index in [0.29, 0.717) is 5.92 Å². The first-order valence-electron chi connectivity index (χ1n) is 6.87. The molecule has 1 N–H and O–H groups in total. The Morgan fingerprint density at radius 3 is 2.57 bits per heavy atom. The summed E-state index contributed by atoms with van der Waals surface area (Å²) in [7, 11) is 1.73. The van der Waals surface area contributed by atoms with Crippen LogP contribution in [0.25, 0.3) is 0 Å².